The topological polar surface area (TPSA) is 42.0 Å². The Labute approximate surface area is 125 Å². The van der Waals surface area contributed by atoms with E-state index in [1.165, 1.54) is 0 Å². The van der Waals surface area contributed by atoms with Crippen molar-refractivity contribution in [3.05, 3.63) is 41.6 Å². The quantitative estimate of drug-likeness (QED) is 0.870. The Kier molecular flexibility index (Phi) is 3.77. The average Bonchev–Trinajstić information content (AvgIpc) is 2.96. The van der Waals surface area contributed by atoms with E-state index in [2.05, 4.69) is 17.2 Å². The maximum absolute atomic E-state index is 13.0. The second kappa shape index (κ2) is 5.57. The summed E-state index contributed by atoms with van der Waals surface area (Å²) in [6, 6.07) is 9.91. The van der Waals surface area contributed by atoms with Crippen LogP contribution in [-0.2, 0) is 0 Å². The zero-order chi connectivity index (χ0) is 14.9. The highest BCUT2D eigenvalue weighted by Gasteiger charge is 2.40. The molecule has 0 spiro atoms. The summed E-state index contributed by atoms with van der Waals surface area (Å²) in [6.45, 7) is 5.07. The Bertz CT molecular complexity index is 672. The van der Waals surface area contributed by atoms with E-state index in [-0.39, 0.29) is 11.3 Å². The lowest BCUT2D eigenvalue weighted by molar-refractivity contribution is 0.0858. The summed E-state index contributed by atoms with van der Waals surface area (Å²) in [4.78, 5) is 17.5. The lowest BCUT2D eigenvalue weighted by Crippen LogP contribution is -2.47. The normalized spacial score (nSPS) is 21.8. The minimum Gasteiger partial charge on any atom is -0.305 e. The molecular weight excluding hydrogens is 260 g/mol. The number of ketones is 1. The van der Waals surface area contributed by atoms with Crippen LogP contribution in [0.5, 0.6) is 0 Å². The number of carbonyl (C=O) groups excluding carboxylic acids is 1. The van der Waals surface area contributed by atoms with E-state index in [1.807, 2.05) is 37.3 Å². The predicted octanol–water partition coefficient (Wildman–Crippen LogP) is 3.65. The molecule has 3 rings (SSSR count). The van der Waals surface area contributed by atoms with Gasteiger partial charge in [0.15, 0.2) is 5.78 Å². The zero-order valence-electron chi connectivity index (χ0n) is 12.8. The second-order valence-electron chi connectivity index (χ2n) is 6.05. The van der Waals surface area contributed by atoms with Crippen LogP contribution in [0.2, 0.25) is 0 Å². The van der Waals surface area contributed by atoms with E-state index in [4.69, 9.17) is 0 Å². The Morgan fingerprint density at radius 2 is 2.19 bits per heavy atom. The molecule has 3 heteroatoms. The van der Waals surface area contributed by atoms with Crippen LogP contribution in [0.4, 0.5) is 0 Å². The lowest BCUT2D eigenvalue weighted by atomic mass is 9.83. The molecule has 0 bridgehead atoms. The van der Waals surface area contributed by atoms with Crippen molar-refractivity contribution in [2.45, 2.75) is 45.1 Å². The van der Waals surface area contributed by atoms with E-state index < -0.39 is 0 Å². The number of nitrogens with one attached hydrogen (secondary N) is 1. The van der Waals surface area contributed by atoms with Gasteiger partial charge in [-0.15, -0.1) is 0 Å². The first-order valence-corrected chi connectivity index (χ1v) is 7.82. The molecule has 21 heavy (non-hydrogen) atoms. The van der Waals surface area contributed by atoms with Crippen LogP contribution in [0.25, 0.3) is 10.9 Å². The van der Waals surface area contributed by atoms with Gasteiger partial charge >= 0.3 is 0 Å². The number of benzene rings is 1. The number of hydrogen-bond donors (Lipinski definition) is 1. The molecule has 1 N–H and O–H groups in total. The van der Waals surface area contributed by atoms with Gasteiger partial charge in [-0.1, -0.05) is 19.4 Å². The summed E-state index contributed by atoms with van der Waals surface area (Å²) >= 11 is 0. The molecule has 2 heterocycles. The fraction of sp³-hybridized carbons (Fsp3) is 0.444. The van der Waals surface area contributed by atoms with E-state index in [0.29, 0.717) is 0 Å². The third-order valence-electron chi connectivity index (χ3n) is 4.45. The first kappa shape index (κ1) is 14.2. The summed E-state index contributed by atoms with van der Waals surface area (Å²) in [6.07, 6.45) is 3.97. The van der Waals surface area contributed by atoms with Crippen molar-refractivity contribution >= 4 is 16.7 Å². The van der Waals surface area contributed by atoms with Gasteiger partial charge in [-0.2, -0.15) is 0 Å². The Morgan fingerprint density at radius 1 is 1.33 bits per heavy atom. The first-order valence-electron chi connectivity index (χ1n) is 7.82. The average molecular weight is 282 g/mol. The smallest absolute Gasteiger partial charge is 0.182 e. The molecule has 0 saturated carbocycles. The van der Waals surface area contributed by atoms with Gasteiger partial charge in [-0.05, 0) is 57.0 Å². The number of aryl methyl sites for hydroxylation is 1. The predicted molar refractivity (Wildman–Crippen MR) is 85.7 cm³/mol. The molecule has 1 aromatic heterocycles. The van der Waals surface area contributed by atoms with Crippen LogP contribution < -0.4 is 5.32 Å². The third kappa shape index (κ3) is 2.58. The highest BCUT2D eigenvalue weighted by Crippen LogP contribution is 2.29. The summed E-state index contributed by atoms with van der Waals surface area (Å²) < 4.78 is 0. The molecule has 1 fully saturated rings. The maximum atomic E-state index is 13.0. The fourth-order valence-electron chi connectivity index (χ4n) is 3.40. The largest absolute Gasteiger partial charge is 0.305 e. The van der Waals surface area contributed by atoms with Crippen molar-refractivity contribution in [1.82, 2.24) is 10.3 Å². The molecule has 110 valence electrons. The fourth-order valence-corrected chi connectivity index (χ4v) is 3.40. The zero-order valence-corrected chi connectivity index (χ0v) is 12.8. The summed E-state index contributed by atoms with van der Waals surface area (Å²) in [5.74, 6) is 0.240. The van der Waals surface area contributed by atoms with E-state index in [0.717, 1.165) is 54.4 Å². The molecule has 2 aromatic rings. The monoisotopic (exact) mass is 282 g/mol. The van der Waals surface area contributed by atoms with Gasteiger partial charge in [0.2, 0.25) is 0 Å². The SMILES string of the molecule is CCCC1(C(=O)c2ccc3nc(C)ccc3c2)CCCN1. The number of hydrogen-bond acceptors (Lipinski definition) is 3. The summed E-state index contributed by atoms with van der Waals surface area (Å²) in [5.41, 5.74) is 2.41. The van der Waals surface area contributed by atoms with Gasteiger partial charge in [-0.25, -0.2) is 0 Å². The van der Waals surface area contributed by atoms with E-state index in [9.17, 15) is 4.79 Å². The minimum absolute atomic E-state index is 0.240. The van der Waals surface area contributed by atoms with Gasteiger partial charge < -0.3 is 5.32 Å². The molecule has 3 nitrogen and oxygen atoms in total. The highest BCUT2D eigenvalue weighted by atomic mass is 16.1. The number of pyridine rings is 1. The molecule has 0 radical (unpaired) electrons. The number of fused-ring (bicyclic) bond motifs is 1. The molecule has 1 aliphatic rings. The van der Waals surface area contributed by atoms with Gasteiger partial charge in [-0.3, -0.25) is 9.78 Å². The van der Waals surface area contributed by atoms with Crippen molar-refractivity contribution in [2.24, 2.45) is 0 Å². The molecule has 1 saturated heterocycles. The molecule has 0 aliphatic carbocycles. The summed E-state index contributed by atoms with van der Waals surface area (Å²) in [7, 11) is 0. The molecular formula is C18H22N2O. The molecule has 1 aromatic carbocycles. The van der Waals surface area contributed by atoms with Crippen LogP contribution in [0, 0.1) is 6.92 Å². The lowest BCUT2D eigenvalue weighted by Gasteiger charge is -2.27. The summed E-state index contributed by atoms with van der Waals surface area (Å²) in [5, 5.41) is 4.50. The van der Waals surface area contributed by atoms with Crippen molar-refractivity contribution < 1.29 is 4.79 Å². The van der Waals surface area contributed by atoms with Crippen molar-refractivity contribution in [3.8, 4) is 0 Å². The van der Waals surface area contributed by atoms with Gasteiger partial charge in [0.05, 0.1) is 11.1 Å². The number of nitrogens with zero attached hydrogens (tertiary/aromatic N) is 1. The molecule has 0 amide bonds. The van der Waals surface area contributed by atoms with Crippen molar-refractivity contribution in [1.29, 1.82) is 0 Å². The first-order chi connectivity index (χ1) is 10.1. The van der Waals surface area contributed by atoms with E-state index in [1.54, 1.807) is 0 Å². The maximum Gasteiger partial charge on any atom is 0.182 e. The highest BCUT2D eigenvalue weighted by molar-refractivity contribution is 6.05. The van der Waals surface area contributed by atoms with Crippen LogP contribution in [0.1, 0.15) is 48.7 Å². The van der Waals surface area contributed by atoms with Gasteiger partial charge in [0, 0.05) is 16.6 Å². The Balaban J connectivity index is 1.99. The number of aromatic nitrogens is 1. The molecule has 1 aliphatic heterocycles. The molecule has 1 atom stereocenters. The van der Waals surface area contributed by atoms with E-state index >= 15 is 0 Å². The van der Waals surface area contributed by atoms with Crippen LogP contribution in [0.15, 0.2) is 30.3 Å². The Hall–Kier alpha value is -1.74. The van der Waals surface area contributed by atoms with Crippen molar-refractivity contribution in [3.63, 3.8) is 0 Å². The standard InChI is InChI=1S/C18H22N2O/c1-3-9-18(10-4-11-19-18)17(21)15-7-8-16-14(12-15)6-5-13(2)20-16/h5-8,12,19H,3-4,9-11H2,1-2H3. The molecule has 1 unspecified atom stereocenters. The van der Waals surface area contributed by atoms with Crippen molar-refractivity contribution in [2.75, 3.05) is 6.54 Å². The van der Waals surface area contributed by atoms with Gasteiger partial charge in [0.1, 0.15) is 0 Å². The second-order valence-corrected chi connectivity index (χ2v) is 6.05. The van der Waals surface area contributed by atoms with Crippen LogP contribution in [0.3, 0.4) is 0 Å². The Morgan fingerprint density at radius 3 is 2.90 bits per heavy atom. The third-order valence-corrected chi connectivity index (χ3v) is 4.45. The number of Topliss-reactive ketones (excluding diaryl/α,β-unsaturated/α-hetero) is 1. The van der Waals surface area contributed by atoms with Crippen LogP contribution in [-0.4, -0.2) is 22.9 Å². The van der Waals surface area contributed by atoms with Gasteiger partial charge in [0.25, 0.3) is 0 Å². The number of rotatable bonds is 4. The van der Waals surface area contributed by atoms with Crippen LogP contribution >= 0.6 is 0 Å². The minimum atomic E-state index is -0.347. The number of carbonyl (C=O) groups is 1.